The lowest BCUT2D eigenvalue weighted by molar-refractivity contribution is -0.0411. The maximum atomic E-state index is 9.47. The van der Waals surface area contributed by atoms with Crippen LogP contribution in [-0.4, -0.2) is 58.1 Å². The van der Waals surface area contributed by atoms with Crippen molar-refractivity contribution in [3.8, 4) is 0 Å². The van der Waals surface area contributed by atoms with Crippen LogP contribution in [0.25, 0.3) is 0 Å². The van der Waals surface area contributed by atoms with Gasteiger partial charge in [0.1, 0.15) is 12.2 Å². The van der Waals surface area contributed by atoms with Crippen LogP contribution in [0.2, 0.25) is 0 Å². The van der Waals surface area contributed by atoms with Crippen molar-refractivity contribution in [3.05, 3.63) is 0 Å². The molecule has 5 heteroatoms. The Morgan fingerprint density at radius 3 is 2.60 bits per heavy atom. The highest BCUT2D eigenvalue weighted by Crippen LogP contribution is 2.02. The number of hydrogen-bond acceptors (Lipinski definition) is 5. The molecule has 0 rings (SSSR count). The summed E-state index contributed by atoms with van der Waals surface area (Å²) >= 11 is 0. The summed E-state index contributed by atoms with van der Waals surface area (Å²) in [5.41, 5.74) is 0. The van der Waals surface area contributed by atoms with Gasteiger partial charge in [-0.25, -0.2) is 0 Å². The van der Waals surface area contributed by atoms with E-state index in [0.29, 0.717) is 6.54 Å². The standard InChI is InChI=1S/C10H21NO4/c1-2-3-5-11-7-9(14)10(15)8(13)4-6-12/h7-10,12-15H,2-6H2,1H3/t8-,9+,10+/m1/s1/i7D. The molecule has 0 saturated heterocycles. The molecular formula is C10H21NO4. The van der Waals surface area contributed by atoms with E-state index >= 15 is 0 Å². The second-order valence-corrected chi connectivity index (χ2v) is 3.38. The Morgan fingerprint density at radius 1 is 1.40 bits per heavy atom. The van der Waals surface area contributed by atoms with Crippen LogP contribution >= 0.6 is 0 Å². The number of nitrogens with zero attached hydrogens (tertiary/aromatic N) is 1. The Balaban J connectivity index is 4.19. The first-order valence-electron chi connectivity index (χ1n) is 5.70. The topological polar surface area (TPSA) is 93.3 Å². The van der Waals surface area contributed by atoms with E-state index in [0.717, 1.165) is 12.8 Å². The molecule has 0 aromatic carbocycles. The van der Waals surface area contributed by atoms with Gasteiger partial charge in [0.2, 0.25) is 0 Å². The van der Waals surface area contributed by atoms with Gasteiger partial charge in [-0.1, -0.05) is 13.3 Å². The number of unbranched alkanes of at least 4 members (excludes halogenated alkanes) is 1. The van der Waals surface area contributed by atoms with Crippen molar-refractivity contribution in [2.45, 2.75) is 44.5 Å². The molecule has 0 aliphatic carbocycles. The summed E-state index contributed by atoms with van der Waals surface area (Å²) in [5, 5.41) is 36.8. The van der Waals surface area contributed by atoms with Gasteiger partial charge in [0.05, 0.1) is 7.47 Å². The number of aliphatic imine (C=N–C) groups is 1. The molecule has 3 atom stereocenters. The first-order valence-corrected chi connectivity index (χ1v) is 5.20. The molecule has 0 bridgehead atoms. The fraction of sp³-hybridized carbons (Fsp3) is 0.900. The van der Waals surface area contributed by atoms with Gasteiger partial charge in [0.15, 0.2) is 0 Å². The molecule has 0 spiro atoms. The SMILES string of the molecule is [2H]C(=NCCCC)[C@H](O)[C@@H](O)[C@H](O)CCO. The van der Waals surface area contributed by atoms with E-state index in [1.54, 1.807) is 0 Å². The van der Waals surface area contributed by atoms with Gasteiger partial charge in [-0.15, -0.1) is 0 Å². The van der Waals surface area contributed by atoms with Crippen molar-refractivity contribution < 1.29 is 21.8 Å². The van der Waals surface area contributed by atoms with E-state index in [-0.39, 0.29) is 19.2 Å². The molecule has 0 aliphatic heterocycles. The van der Waals surface area contributed by atoms with Crippen LogP contribution in [0.3, 0.4) is 0 Å². The minimum atomic E-state index is -1.50. The van der Waals surface area contributed by atoms with Crippen LogP contribution < -0.4 is 0 Å². The Labute approximate surface area is 91.5 Å². The van der Waals surface area contributed by atoms with Crippen LogP contribution in [-0.2, 0) is 0 Å². The third kappa shape index (κ3) is 6.57. The summed E-state index contributed by atoms with van der Waals surface area (Å²) in [6.07, 6.45) is -2.86. The van der Waals surface area contributed by atoms with E-state index in [1.807, 2.05) is 6.92 Å². The molecule has 0 unspecified atom stereocenters. The minimum absolute atomic E-state index is 0.0412. The highest BCUT2D eigenvalue weighted by Gasteiger charge is 2.22. The number of rotatable bonds is 8. The quantitative estimate of drug-likeness (QED) is 0.322. The lowest BCUT2D eigenvalue weighted by atomic mass is 10.1. The van der Waals surface area contributed by atoms with Crippen LogP contribution in [0.5, 0.6) is 0 Å². The Morgan fingerprint density at radius 2 is 2.07 bits per heavy atom. The van der Waals surface area contributed by atoms with E-state index in [2.05, 4.69) is 4.99 Å². The normalized spacial score (nSPS) is 19.5. The van der Waals surface area contributed by atoms with Crippen LogP contribution in [0.4, 0.5) is 0 Å². The zero-order chi connectivity index (χ0) is 12.6. The summed E-state index contributed by atoms with van der Waals surface area (Å²) in [6, 6.07) is 0. The molecule has 5 nitrogen and oxygen atoms in total. The Hall–Kier alpha value is -0.490. The number of aliphatic hydroxyl groups excluding tert-OH is 4. The molecule has 4 N–H and O–H groups in total. The Bertz CT molecular complexity index is 213. The van der Waals surface area contributed by atoms with Gasteiger partial charge in [-0.2, -0.15) is 0 Å². The van der Waals surface area contributed by atoms with Crippen molar-refractivity contribution in [1.29, 1.82) is 0 Å². The van der Waals surface area contributed by atoms with Crippen molar-refractivity contribution in [2.75, 3.05) is 13.2 Å². The minimum Gasteiger partial charge on any atom is -0.396 e. The van der Waals surface area contributed by atoms with Crippen molar-refractivity contribution in [2.24, 2.45) is 4.99 Å². The summed E-state index contributed by atoms with van der Waals surface area (Å²) in [5.74, 6) is 0. The third-order valence-corrected chi connectivity index (χ3v) is 1.99. The summed E-state index contributed by atoms with van der Waals surface area (Å²) in [4.78, 5) is 3.78. The third-order valence-electron chi connectivity index (χ3n) is 1.99. The van der Waals surface area contributed by atoms with Gasteiger partial charge in [-0.3, -0.25) is 4.99 Å². The molecule has 15 heavy (non-hydrogen) atoms. The molecule has 0 radical (unpaired) electrons. The summed E-state index contributed by atoms with van der Waals surface area (Å²) < 4.78 is 7.38. The summed E-state index contributed by atoms with van der Waals surface area (Å²) in [7, 11) is 0. The van der Waals surface area contributed by atoms with E-state index in [4.69, 9.17) is 6.48 Å². The number of hydrogen-bond donors (Lipinski definition) is 4. The van der Waals surface area contributed by atoms with Gasteiger partial charge >= 0.3 is 0 Å². The van der Waals surface area contributed by atoms with E-state index < -0.39 is 18.3 Å². The molecule has 0 aromatic heterocycles. The highest BCUT2D eigenvalue weighted by molar-refractivity contribution is 5.63. The zero-order valence-electron chi connectivity index (χ0n) is 10.0. The van der Waals surface area contributed by atoms with Crippen molar-refractivity contribution in [1.82, 2.24) is 0 Å². The first-order chi connectivity index (χ1) is 7.54. The maximum Gasteiger partial charge on any atom is 0.117 e. The smallest absolute Gasteiger partial charge is 0.117 e. The monoisotopic (exact) mass is 220 g/mol. The molecule has 0 saturated carbocycles. The largest absolute Gasteiger partial charge is 0.396 e. The van der Waals surface area contributed by atoms with Gasteiger partial charge in [-0.05, 0) is 12.8 Å². The predicted molar refractivity (Wildman–Crippen MR) is 58.0 cm³/mol. The van der Waals surface area contributed by atoms with E-state index in [1.165, 1.54) is 0 Å². The molecule has 0 amide bonds. The fourth-order valence-electron chi connectivity index (χ4n) is 0.985. The molecular weight excluding hydrogens is 198 g/mol. The van der Waals surface area contributed by atoms with E-state index in [9.17, 15) is 15.3 Å². The van der Waals surface area contributed by atoms with Crippen molar-refractivity contribution in [3.63, 3.8) is 0 Å². The molecule has 0 heterocycles. The first kappa shape index (κ1) is 12.6. The Kier molecular flexibility index (Phi) is 7.37. The van der Waals surface area contributed by atoms with Gasteiger partial charge in [0.25, 0.3) is 0 Å². The summed E-state index contributed by atoms with van der Waals surface area (Å²) in [6.45, 7) is 2.12. The average Bonchev–Trinajstić information content (AvgIpc) is 2.27. The van der Waals surface area contributed by atoms with Crippen LogP contribution in [0, 0.1) is 0 Å². The highest BCUT2D eigenvalue weighted by atomic mass is 16.4. The number of aliphatic hydroxyl groups is 4. The van der Waals surface area contributed by atoms with Crippen LogP contribution in [0.15, 0.2) is 4.99 Å². The molecule has 0 aliphatic rings. The second-order valence-electron chi connectivity index (χ2n) is 3.38. The fourth-order valence-corrected chi connectivity index (χ4v) is 0.985. The molecule has 0 fully saturated rings. The molecule has 0 aromatic rings. The average molecular weight is 220 g/mol. The predicted octanol–water partition coefficient (Wildman–Crippen LogP) is -0.678. The maximum absolute atomic E-state index is 9.47. The van der Waals surface area contributed by atoms with Crippen LogP contribution in [0.1, 0.15) is 27.6 Å². The second kappa shape index (κ2) is 8.79. The lowest BCUT2D eigenvalue weighted by Crippen LogP contribution is -2.38. The lowest BCUT2D eigenvalue weighted by Gasteiger charge is -2.19. The van der Waals surface area contributed by atoms with Crippen molar-refractivity contribution >= 4 is 6.19 Å². The zero-order valence-corrected chi connectivity index (χ0v) is 9.00. The van der Waals surface area contributed by atoms with Gasteiger partial charge in [0, 0.05) is 19.3 Å². The van der Waals surface area contributed by atoms with Gasteiger partial charge < -0.3 is 20.4 Å². The molecule has 90 valence electrons.